The third-order valence-electron chi connectivity index (χ3n) is 3.35. The van der Waals surface area contributed by atoms with Crippen LogP contribution in [0.1, 0.15) is 24.5 Å². The van der Waals surface area contributed by atoms with E-state index in [1.807, 2.05) is 6.07 Å². The van der Waals surface area contributed by atoms with Gasteiger partial charge in [0.15, 0.2) is 0 Å². The SMILES string of the molecule is CCC1CN(Cc2cccc(C#CCN)c2)CCO1. The van der Waals surface area contributed by atoms with E-state index < -0.39 is 0 Å². The highest BCUT2D eigenvalue weighted by Gasteiger charge is 2.18. The minimum Gasteiger partial charge on any atom is -0.376 e. The van der Waals surface area contributed by atoms with Crippen molar-refractivity contribution in [3.63, 3.8) is 0 Å². The van der Waals surface area contributed by atoms with E-state index in [2.05, 4.69) is 41.9 Å². The molecule has 0 aromatic heterocycles. The maximum atomic E-state index is 5.69. The van der Waals surface area contributed by atoms with Crippen LogP contribution in [0.3, 0.4) is 0 Å². The van der Waals surface area contributed by atoms with Crippen LogP contribution in [0.2, 0.25) is 0 Å². The van der Waals surface area contributed by atoms with Gasteiger partial charge >= 0.3 is 0 Å². The van der Waals surface area contributed by atoms with Crippen molar-refractivity contribution < 1.29 is 4.74 Å². The summed E-state index contributed by atoms with van der Waals surface area (Å²) in [5, 5.41) is 0. The summed E-state index contributed by atoms with van der Waals surface area (Å²) in [7, 11) is 0. The molecule has 3 nitrogen and oxygen atoms in total. The molecule has 1 atom stereocenters. The van der Waals surface area contributed by atoms with Crippen LogP contribution in [0.25, 0.3) is 0 Å². The molecule has 2 N–H and O–H groups in total. The lowest BCUT2D eigenvalue weighted by molar-refractivity contribution is -0.0324. The summed E-state index contributed by atoms with van der Waals surface area (Å²) < 4.78 is 5.69. The lowest BCUT2D eigenvalue weighted by atomic mass is 10.1. The fraction of sp³-hybridized carbons (Fsp3) is 0.500. The number of morpholine rings is 1. The molecule has 1 saturated heterocycles. The quantitative estimate of drug-likeness (QED) is 0.837. The Balaban J connectivity index is 1.98. The first-order valence-electron chi connectivity index (χ1n) is 6.93. The van der Waals surface area contributed by atoms with E-state index in [-0.39, 0.29) is 0 Å². The van der Waals surface area contributed by atoms with E-state index in [1.165, 1.54) is 5.56 Å². The molecule has 19 heavy (non-hydrogen) atoms. The van der Waals surface area contributed by atoms with Crippen molar-refractivity contribution in [2.45, 2.75) is 26.0 Å². The molecule has 0 radical (unpaired) electrons. The van der Waals surface area contributed by atoms with E-state index in [0.717, 1.165) is 38.2 Å². The molecule has 1 aromatic rings. The van der Waals surface area contributed by atoms with Crippen molar-refractivity contribution in [2.75, 3.05) is 26.2 Å². The zero-order valence-electron chi connectivity index (χ0n) is 11.6. The van der Waals surface area contributed by atoms with Crippen molar-refractivity contribution >= 4 is 0 Å². The Labute approximate surface area is 115 Å². The van der Waals surface area contributed by atoms with Crippen molar-refractivity contribution in [3.05, 3.63) is 35.4 Å². The smallest absolute Gasteiger partial charge is 0.0700 e. The molecule has 1 aliphatic heterocycles. The zero-order chi connectivity index (χ0) is 13.5. The molecular weight excluding hydrogens is 236 g/mol. The lowest BCUT2D eigenvalue weighted by Gasteiger charge is -2.32. The van der Waals surface area contributed by atoms with Gasteiger partial charge in [-0.2, -0.15) is 0 Å². The second kappa shape index (κ2) is 7.30. The van der Waals surface area contributed by atoms with Gasteiger partial charge in [0.2, 0.25) is 0 Å². The standard InChI is InChI=1S/C16H22N2O/c1-2-16-13-18(9-10-19-16)12-15-6-3-5-14(11-15)7-4-8-17/h3,5-6,11,16H,2,8-10,12-13,17H2,1H3. The number of hydrogen-bond acceptors (Lipinski definition) is 3. The molecule has 0 bridgehead atoms. The molecule has 102 valence electrons. The predicted octanol–water partition coefficient (Wildman–Crippen LogP) is 1.61. The Kier molecular flexibility index (Phi) is 5.41. The summed E-state index contributed by atoms with van der Waals surface area (Å²) >= 11 is 0. The second-order valence-electron chi connectivity index (χ2n) is 4.84. The number of hydrogen-bond donors (Lipinski definition) is 1. The first-order chi connectivity index (χ1) is 9.31. The van der Waals surface area contributed by atoms with Gasteiger partial charge < -0.3 is 10.5 Å². The third-order valence-corrected chi connectivity index (χ3v) is 3.35. The highest BCUT2D eigenvalue weighted by molar-refractivity contribution is 5.37. The third kappa shape index (κ3) is 4.36. The summed E-state index contributed by atoms with van der Waals surface area (Å²) in [6.45, 7) is 6.43. The molecule has 1 aromatic carbocycles. The van der Waals surface area contributed by atoms with Crippen LogP contribution in [0.5, 0.6) is 0 Å². The van der Waals surface area contributed by atoms with Gasteiger partial charge in [-0.25, -0.2) is 0 Å². The van der Waals surface area contributed by atoms with Gasteiger partial charge in [-0.3, -0.25) is 4.90 Å². The van der Waals surface area contributed by atoms with Crippen molar-refractivity contribution in [1.29, 1.82) is 0 Å². The number of nitrogens with zero attached hydrogens (tertiary/aromatic N) is 1. The molecular formula is C16H22N2O. The maximum Gasteiger partial charge on any atom is 0.0700 e. The molecule has 1 heterocycles. The number of rotatable bonds is 3. The molecule has 0 spiro atoms. The van der Waals surface area contributed by atoms with Gasteiger partial charge in [0.1, 0.15) is 0 Å². The minimum atomic E-state index is 0.383. The summed E-state index contributed by atoms with van der Waals surface area (Å²) in [4.78, 5) is 2.45. The van der Waals surface area contributed by atoms with E-state index in [1.54, 1.807) is 0 Å². The van der Waals surface area contributed by atoms with Crippen LogP contribution in [0.15, 0.2) is 24.3 Å². The number of nitrogens with two attached hydrogens (primary N) is 1. The molecule has 3 heteroatoms. The van der Waals surface area contributed by atoms with E-state index in [0.29, 0.717) is 12.6 Å². The van der Waals surface area contributed by atoms with Crippen LogP contribution < -0.4 is 5.73 Å². The van der Waals surface area contributed by atoms with E-state index in [4.69, 9.17) is 10.5 Å². The average Bonchev–Trinajstić information content (AvgIpc) is 2.46. The van der Waals surface area contributed by atoms with Crippen LogP contribution in [-0.4, -0.2) is 37.2 Å². The van der Waals surface area contributed by atoms with E-state index in [9.17, 15) is 0 Å². The molecule has 2 rings (SSSR count). The van der Waals surface area contributed by atoms with Gasteiger partial charge in [0.25, 0.3) is 0 Å². The highest BCUT2D eigenvalue weighted by Crippen LogP contribution is 2.13. The largest absolute Gasteiger partial charge is 0.376 e. The summed E-state index contributed by atoms with van der Waals surface area (Å²) in [6.07, 6.45) is 1.47. The fourth-order valence-corrected chi connectivity index (χ4v) is 2.33. The molecule has 1 fully saturated rings. The van der Waals surface area contributed by atoms with Crippen LogP contribution in [0.4, 0.5) is 0 Å². The Morgan fingerprint density at radius 3 is 3.16 bits per heavy atom. The Hall–Kier alpha value is -1.34. The minimum absolute atomic E-state index is 0.383. The lowest BCUT2D eigenvalue weighted by Crippen LogP contribution is -2.41. The van der Waals surface area contributed by atoms with Crippen LogP contribution >= 0.6 is 0 Å². The summed E-state index contributed by atoms with van der Waals surface area (Å²) in [6, 6.07) is 8.40. The number of ether oxygens (including phenoxy) is 1. The zero-order valence-corrected chi connectivity index (χ0v) is 11.6. The monoisotopic (exact) mass is 258 g/mol. The summed E-state index contributed by atoms with van der Waals surface area (Å²) in [5.74, 6) is 5.98. The molecule has 1 aliphatic rings. The average molecular weight is 258 g/mol. The Bertz CT molecular complexity index is 461. The normalized spacial score (nSPS) is 19.8. The fourth-order valence-electron chi connectivity index (χ4n) is 2.33. The maximum absolute atomic E-state index is 5.69. The topological polar surface area (TPSA) is 38.5 Å². The van der Waals surface area contributed by atoms with Gasteiger partial charge in [-0.05, 0) is 24.1 Å². The van der Waals surface area contributed by atoms with Crippen molar-refractivity contribution in [1.82, 2.24) is 4.90 Å². The molecule has 0 amide bonds. The Morgan fingerprint density at radius 1 is 1.47 bits per heavy atom. The van der Waals surface area contributed by atoms with Crippen LogP contribution in [-0.2, 0) is 11.3 Å². The van der Waals surface area contributed by atoms with Crippen molar-refractivity contribution in [3.8, 4) is 11.8 Å². The molecule has 1 unspecified atom stereocenters. The first kappa shape index (κ1) is 14.1. The van der Waals surface area contributed by atoms with Gasteiger partial charge in [-0.15, -0.1) is 0 Å². The summed E-state index contributed by atoms with van der Waals surface area (Å²) in [5.41, 5.74) is 7.75. The molecule has 0 saturated carbocycles. The van der Waals surface area contributed by atoms with Crippen LogP contribution in [0, 0.1) is 11.8 Å². The number of benzene rings is 1. The molecule has 0 aliphatic carbocycles. The Morgan fingerprint density at radius 2 is 2.37 bits per heavy atom. The predicted molar refractivity (Wildman–Crippen MR) is 77.7 cm³/mol. The first-order valence-corrected chi connectivity index (χ1v) is 6.93. The second-order valence-corrected chi connectivity index (χ2v) is 4.84. The van der Waals surface area contributed by atoms with Gasteiger partial charge in [-0.1, -0.05) is 30.9 Å². The van der Waals surface area contributed by atoms with Gasteiger partial charge in [0.05, 0.1) is 19.3 Å². The highest BCUT2D eigenvalue weighted by atomic mass is 16.5. The van der Waals surface area contributed by atoms with Crippen molar-refractivity contribution in [2.24, 2.45) is 5.73 Å². The van der Waals surface area contributed by atoms with Gasteiger partial charge in [0, 0.05) is 25.2 Å². The van der Waals surface area contributed by atoms with E-state index >= 15 is 0 Å².